The second-order valence-corrected chi connectivity index (χ2v) is 8.81. The lowest BCUT2D eigenvalue weighted by atomic mass is 9.96. The quantitative estimate of drug-likeness (QED) is 0.391. The number of nitrogens with zero attached hydrogens (tertiary/aromatic N) is 2. The fourth-order valence-corrected chi connectivity index (χ4v) is 4.47. The fraction of sp³-hybridized carbons (Fsp3) is 0.348. The van der Waals surface area contributed by atoms with Gasteiger partial charge in [0.2, 0.25) is 5.91 Å². The van der Waals surface area contributed by atoms with Crippen LogP contribution in [0.15, 0.2) is 58.5 Å². The van der Waals surface area contributed by atoms with E-state index in [1.807, 2.05) is 32.0 Å². The third-order valence-corrected chi connectivity index (χ3v) is 6.18. The second kappa shape index (κ2) is 10.1. The van der Waals surface area contributed by atoms with Crippen LogP contribution in [0.25, 0.3) is 10.9 Å². The molecule has 0 radical (unpaired) electrons. The van der Waals surface area contributed by atoms with Crippen molar-refractivity contribution >= 4 is 40.2 Å². The molecule has 0 saturated heterocycles. The zero-order valence-corrected chi connectivity index (χ0v) is 19.0. The molecule has 1 N–H and O–H groups in total. The maximum absolute atomic E-state index is 12.9. The predicted molar refractivity (Wildman–Crippen MR) is 125 cm³/mol. The first-order valence-electron chi connectivity index (χ1n) is 10.1. The van der Waals surface area contributed by atoms with E-state index in [0.29, 0.717) is 27.6 Å². The molecular formula is C23H26ClN3O2S. The molecule has 1 atom stereocenters. The molecule has 0 aliphatic rings. The highest BCUT2D eigenvalue weighted by Crippen LogP contribution is 2.23. The molecule has 3 aromatic rings. The van der Waals surface area contributed by atoms with E-state index in [2.05, 4.69) is 29.4 Å². The van der Waals surface area contributed by atoms with Crippen LogP contribution in [-0.2, 0) is 4.79 Å². The Balaban J connectivity index is 1.72. The number of benzene rings is 2. The number of rotatable bonds is 8. The summed E-state index contributed by atoms with van der Waals surface area (Å²) >= 11 is 7.34. The SMILES string of the molecule is CC[C@H](CNC(=O)CSc1nc2cc(Cl)ccc2c(=O)n1C(C)C)c1ccccc1. The van der Waals surface area contributed by atoms with Gasteiger partial charge in [-0.3, -0.25) is 14.2 Å². The number of hydrogen-bond acceptors (Lipinski definition) is 4. The van der Waals surface area contributed by atoms with E-state index in [0.717, 1.165) is 6.42 Å². The number of carbonyl (C=O) groups is 1. The van der Waals surface area contributed by atoms with Crippen LogP contribution in [0, 0.1) is 0 Å². The highest BCUT2D eigenvalue weighted by atomic mass is 35.5. The van der Waals surface area contributed by atoms with Gasteiger partial charge in [-0.15, -0.1) is 0 Å². The van der Waals surface area contributed by atoms with Gasteiger partial charge >= 0.3 is 0 Å². The van der Waals surface area contributed by atoms with Crippen LogP contribution in [0.4, 0.5) is 0 Å². The Morgan fingerprint density at radius 2 is 1.93 bits per heavy atom. The summed E-state index contributed by atoms with van der Waals surface area (Å²) in [6.07, 6.45) is 0.942. The summed E-state index contributed by atoms with van der Waals surface area (Å²) in [7, 11) is 0. The number of thioether (sulfide) groups is 1. The number of aromatic nitrogens is 2. The van der Waals surface area contributed by atoms with Crippen LogP contribution < -0.4 is 10.9 Å². The minimum Gasteiger partial charge on any atom is -0.355 e. The van der Waals surface area contributed by atoms with Crippen molar-refractivity contribution in [3.05, 3.63) is 69.5 Å². The molecule has 0 unspecified atom stereocenters. The largest absolute Gasteiger partial charge is 0.355 e. The monoisotopic (exact) mass is 443 g/mol. The number of halogens is 1. The fourth-order valence-electron chi connectivity index (χ4n) is 3.35. The zero-order chi connectivity index (χ0) is 21.7. The zero-order valence-electron chi connectivity index (χ0n) is 17.4. The minimum atomic E-state index is -0.121. The lowest BCUT2D eigenvalue weighted by molar-refractivity contribution is -0.118. The van der Waals surface area contributed by atoms with Crippen LogP contribution >= 0.6 is 23.4 Å². The van der Waals surface area contributed by atoms with E-state index in [9.17, 15) is 9.59 Å². The second-order valence-electron chi connectivity index (χ2n) is 7.43. The molecule has 0 fully saturated rings. The minimum absolute atomic E-state index is 0.0711. The van der Waals surface area contributed by atoms with Crippen LogP contribution in [0.1, 0.15) is 44.7 Å². The molecule has 3 rings (SSSR count). The summed E-state index contributed by atoms with van der Waals surface area (Å²) in [4.78, 5) is 30.0. The molecule has 1 aromatic heterocycles. The third kappa shape index (κ3) is 5.24. The first kappa shape index (κ1) is 22.4. The summed E-state index contributed by atoms with van der Waals surface area (Å²) in [6, 6.07) is 15.2. The van der Waals surface area contributed by atoms with E-state index >= 15 is 0 Å². The van der Waals surface area contributed by atoms with Crippen molar-refractivity contribution in [2.75, 3.05) is 12.3 Å². The Labute approximate surface area is 185 Å². The first-order valence-corrected chi connectivity index (χ1v) is 11.4. The van der Waals surface area contributed by atoms with Gasteiger partial charge in [0.25, 0.3) is 5.56 Å². The Kier molecular flexibility index (Phi) is 7.56. The normalized spacial score (nSPS) is 12.3. The van der Waals surface area contributed by atoms with Gasteiger partial charge in [-0.2, -0.15) is 0 Å². The van der Waals surface area contributed by atoms with Crippen LogP contribution in [-0.4, -0.2) is 27.8 Å². The lowest BCUT2D eigenvalue weighted by Gasteiger charge is -2.17. The Hall–Kier alpha value is -2.31. The van der Waals surface area contributed by atoms with Gasteiger partial charge in [-0.05, 0) is 44.0 Å². The van der Waals surface area contributed by atoms with E-state index in [-0.39, 0.29) is 29.2 Å². The molecule has 0 aliphatic heterocycles. The molecule has 0 spiro atoms. The average Bonchev–Trinajstić information content (AvgIpc) is 2.73. The van der Waals surface area contributed by atoms with E-state index < -0.39 is 0 Å². The Morgan fingerprint density at radius 1 is 1.20 bits per heavy atom. The van der Waals surface area contributed by atoms with Crippen molar-refractivity contribution in [1.29, 1.82) is 0 Å². The topological polar surface area (TPSA) is 64.0 Å². The van der Waals surface area contributed by atoms with E-state index in [4.69, 9.17) is 11.6 Å². The third-order valence-electron chi connectivity index (χ3n) is 4.99. The Bertz CT molecular complexity index is 1080. The standard InChI is InChI=1S/C23H26ClN3O2S/c1-4-16(17-8-6-5-7-9-17)13-25-21(28)14-30-23-26-20-12-18(24)10-11-19(20)22(29)27(23)15(2)3/h5-12,15-16H,4,13-14H2,1-3H3,(H,25,28)/t16-/m1/s1. The van der Waals surface area contributed by atoms with Gasteiger partial charge in [-0.25, -0.2) is 4.98 Å². The van der Waals surface area contributed by atoms with Gasteiger partial charge < -0.3 is 5.32 Å². The van der Waals surface area contributed by atoms with Crippen molar-refractivity contribution < 1.29 is 4.79 Å². The maximum Gasteiger partial charge on any atom is 0.262 e. The lowest BCUT2D eigenvalue weighted by Crippen LogP contribution is -2.30. The molecule has 0 saturated carbocycles. The van der Waals surface area contributed by atoms with E-state index in [1.54, 1.807) is 22.8 Å². The number of carbonyl (C=O) groups excluding carboxylic acids is 1. The Morgan fingerprint density at radius 3 is 2.60 bits per heavy atom. The highest BCUT2D eigenvalue weighted by molar-refractivity contribution is 7.99. The smallest absolute Gasteiger partial charge is 0.262 e. The molecule has 158 valence electrons. The van der Waals surface area contributed by atoms with Crippen molar-refractivity contribution in [3.63, 3.8) is 0 Å². The van der Waals surface area contributed by atoms with Crippen LogP contribution in [0.3, 0.4) is 0 Å². The van der Waals surface area contributed by atoms with Gasteiger partial charge in [0.1, 0.15) is 0 Å². The molecule has 2 aromatic carbocycles. The van der Waals surface area contributed by atoms with Gasteiger partial charge in [0.05, 0.1) is 16.7 Å². The van der Waals surface area contributed by atoms with Crippen molar-refractivity contribution in [2.45, 2.75) is 44.3 Å². The molecule has 7 heteroatoms. The number of amides is 1. The molecule has 1 heterocycles. The predicted octanol–water partition coefficient (Wildman–Crippen LogP) is 5.03. The van der Waals surface area contributed by atoms with Crippen LogP contribution in [0.5, 0.6) is 0 Å². The molecule has 30 heavy (non-hydrogen) atoms. The summed E-state index contributed by atoms with van der Waals surface area (Å²) in [5.74, 6) is 0.385. The van der Waals surface area contributed by atoms with Gasteiger partial charge in [0.15, 0.2) is 5.16 Å². The first-order chi connectivity index (χ1) is 14.4. The van der Waals surface area contributed by atoms with Gasteiger partial charge in [0, 0.05) is 23.5 Å². The summed E-state index contributed by atoms with van der Waals surface area (Å²) in [5.41, 5.74) is 1.64. The van der Waals surface area contributed by atoms with Crippen molar-refractivity contribution in [3.8, 4) is 0 Å². The summed E-state index contributed by atoms with van der Waals surface area (Å²) in [5, 5.41) is 4.59. The average molecular weight is 444 g/mol. The molecular weight excluding hydrogens is 418 g/mol. The van der Waals surface area contributed by atoms with Crippen molar-refractivity contribution in [1.82, 2.24) is 14.9 Å². The maximum atomic E-state index is 12.9. The van der Waals surface area contributed by atoms with Gasteiger partial charge in [-0.1, -0.05) is 60.6 Å². The molecule has 0 bridgehead atoms. The molecule has 5 nitrogen and oxygen atoms in total. The number of nitrogens with one attached hydrogen (secondary N) is 1. The number of hydrogen-bond donors (Lipinski definition) is 1. The van der Waals surface area contributed by atoms with Crippen LogP contribution in [0.2, 0.25) is 5.02 Å². The number of fused-ring (bicyclic) bond motifs is 1. The molecule has 1 amide bonds. The molecule has 0 aliphatic carbocycles. The van der Waals surface area contributed by atoms with E-state index in [1.165, 1.54) is 17.3 Å². The van der Waals surface area contributed by atoms with Crippen molar-refractivity contribution in [2.24, 2.45) is 0 Å². The highest BCUT2D eigenvalue weighted by Gasteiger charge is 2.16. The summed E-state index contributed by atoms with van der Waals surface area (Å²) < 4.78 is 1.63. The summed E-state index contributed by atoms with van der Waals surface area (Å²) in [6.45, 7) is 6.56.